The van der Waals surface area contributed by atoms with Gasteiger partial charge in [-0.15, -0.1) is 0 Å². The van der Waals surface area contributed by atoms with Crippen LogP contribution in [0.3, 0.4) is 0 Å². The van der Waals surface area contributed by atoms with Gasteiger partial charge in [0.25, 0.3) is 5.91 Å². The highest BCUT2D eigenvalue weighted by Crippen LogP contribution is 2.27. The molecule has 1 amide bonds. The summed E-state index contributed by atoms with van der Waals surface area (Å²) in [6.07, 6.45) is 0. The average Bonchev–Trinajstić information content (AvgIpc) is 2.83. The molecule has 1 aromatic heterocycles. The Morgan fingerprint density at radius 2 is 1.86 bits per heavy atom. The van der Waals surface area contributed by atoms with Crippen molar-refractivity contribution in [3.05, 3.63) is 65.7 Å². The molecule has 0 aliphatic carbocycles. The number of fused-ring (bicyclic) bond motifs is 1. The molecule has 0 aliphatic heterocycles. The fourth-order valence-electron chi connectivity index (χ4n) is 2.32. The average molecular weight is 283 g/mol. The first kappa shape index (κ1) is 13.4. The number of para-hydroxylation sites is 1. The van der Waals surface area contributed by atoms with Crippen LogP contribution in [0, 0.1) is 12.7 Å². The molecular weight excluding hydrogens is 269 g/mol. The molecule has 3 rings (SSSR count). The molecule has 0 saturated heterocycles. The van der Waals surface area contributed by atoms with E-state index in [1.807, 2.05) is 30.3 Å². The summed E-state index contributed by atoms with van der Waals surface area (Å²) >= 11 is 0. The van der Waals surface area contributed by atoms with Gasteiger partial charge in [-0.25, -0.2) is 4.39 Å². The van der Waals surface area contributed by atoms with Crippen LogP contribution in [0.1, 0.15) is 16.1 Å². The molecule has 0 bridgehead atoms. The third-order valence-corrected chi connectivity index (χ3v) is 3.54. The zero-order valence-electron chi connectivity index (χ0n) is 11.8. The van der Waals surface area contributed by atoms with Crippen LogP contribution < -0.4 is 4.90 Å². The van der Waals surface area contributed by atoms with E-state index < -0.39 is 0 Å². The lowest BCUT2D eigenvalue weighted by molar-refractivity contribution is 0.0968. The third-order valence-electron chi connectivity index (χ3n) is 3.54. The second-order valence-corrected chi connectivity index (χ2v) is 4.90. The first-order chi connectivity index (χ1) is 10.1. The standard InChI is InChI=1S/C17H14FNO2/c1-11-14-10-12(18)8-9-15(14)21-16(11)17(20)19(2)13-6-4-3-5-7-13/h3-10H,1-2H3. The molecule has 0 fully saturated rings. The van der Waals surface area contributed by atoms with Crippen molar-refractivity contribution in [3.63, 3.8) is 0 Å². The molecule has 3 nitrogen and oxygen atoms in total. The van der Waals surface area contributed by atoms with Crippen LogP contribution in [0.2, 0.25) is 0 Å². The van der Waals surface area contributed by atoms with Crippen molar-refractivity contribution >= 4 is 22.6 Å². The van der Waals surface area contributed by atoms with E-state index in [2.05, 4.69) is 0 Å². The van der Waals surface area contributed by atoms with Gasteiger partial charge in [0.05, 0.1) is 0 Å². The Morgan fingerprint density at radius 1 is 1.14 bits per heavy atom. The van der Waals surface area contributed by atoms with Gasteiger partial charge in [-0.2, -0.15) is 0 Å². The van der Waals surface area contributed by atoms with Crippen molar-refractivity contribution in [3.8, 4) is 0 Å². The molecule has 0 radical (unpaired) electrons. The molecule has 0 spiro atoms. The molecule has 4 heteroatoms. The Kier molecular flexibility index (Phi) is 3.22. The highest BCUT2D eigenvalue weighted by atomic mass is 19.1. The van der Waals surface area contributed by atoms with Gasteiger partial charge in [0.2, 0.25) is 0 Å². The number of carbonyl (C=O) groups is 1. The predicted molar refractivity (Wildman–Crippen MR) is 80.1 cm³/mol. The molecule has 0 aliphatic rings. The van der Waals surface area contributed by atoms with E-state index in [4.69, 9.17) is 4.42 Å². The Morgan fingerprint density at radius 3 is 2.57 bits per heavy atom. The number of rotatable bonds is 2. The highest BCUT2D eigenvalue weighted by molar-refractivity contribution is 6.07. The van der Waals surface area contributed by atoms with E-state index in [0.29, 0.717) is 16.5 Å². The van der Waals surface area contributed by atoms with Crippen LogP contribution in [-0.4, -0.2) is 13.0 Å². The summed E-state index contributed by atoms with van der Waals surface area (Å²) in [5.41, 5.74) is 1.93. The second kappa shape index (κ2) is 5.05. The summed E-state index contributed by atoms with van der Waals surface area (Å²) in [6, 6.07) is 13.5. The molecule has 0 saturated carbocycles. The normalized spacial score (nSPS) is 10.8. The Labute approximate surface area is 121 Å². The van der Waals surface area contributed by atoms with E-state index in [1.54, 1.807) is 14.0 Å². The van der Waals surface area contributed by atoms with Crippen LogP contribution in [0.25, 0.3) is 11.0 Å². The van der Waals surface area contributed by atoms with Crippen molar-refractivity contribution < 1.29 is 13.6 Å². The first-order valence-electron chi connectivity index (χ1n) is 6.59. The lowest BCUT2D eigenvalue weighted by Crippen LogP contribution is -2.26. The molecule has 3 aromatic rings. The number of amides is 1. The Bertz CT molecular complexity index is 808. The van der Waals surface area contributed by atoms with Crippen molar-refractivity contribution in [2.24, 2.45) is 0 Å². The van der Waals surface area contributed by atoms with Gasteiger partial charge in [0, 0.05) is 23.7 Å². The molecule has 1 heterocycles. The van der Waals surface area contributed by atoms with Crippen LogP contribution in [0.15, 0.2) is 52.9 Å². The summed E-state index contributed by atoms with van der Waals surface area (Å²) in [4.78, 5) is 14.1. The molecule has 0 atom stereocenters. The van der Waals surface area contributed by atoms with Gasteiger partial charge in [0.1, 0.15) is 11.4 Å². The molecule has 21 heavy (non-hydrogen) atoms. The maximum atomic E-state index is 13.3. The minimum Gasteiger partial charge on any atom is -0.451 e. The first-order valence-corrected chi connectivity index (χ1v) is 6.59. The largest absolute Gasteiger partial charge is 0.451 e. The molecule has 0 unspecified atom stereocenters. The van der Waals surface area contributed by atoms with Crippen LogP contribution in [-0.2, 0) is 0 Å². The Hall–Kier alpha value is -2.62. The topological polar surface area (TPSA) is 33.5 Å². The lowest BCUT2D eigenvalue weighted by Gasteiger charge is -2.16. The van der Waals surface area contributed by atoms with E-state index in [-0.39, 0.29) is 17.5 Å². The number of furan rings is 1. The molecular formula is C17H14FNO2. The number of hydrogen-bond acceptors (Lipinski definition) is 2. The van der Waals surface area contributed by atoms with Crippen molar-refractivity contribution in [1.29, 1.82) is 0 Å². The van der Waals surface area contributed by atoms with Crippen molar-refractivity contribution in [2.75, 3.05) is 11.9 Å². The summed E-state index contributed by atoms with van der Waals surface area (Å²) in [5.74, 6) is -0.362. The maximum absolute atomic E-state index is 13.3. The number of benzene rings is 2. The number of halogens is 1. The number of aryl methyl sites for hydroxylation is 1. The van der Waals surface area contributed by atoms with Crippen LogP contribution in [0.5, 0.6) is 0 Å². The van der Waals surface area contributed by atoms with Gasteiger partial charge >= 0.3 is 0 Å². The van der Waals surface area contributed by atoms with E-state index in [1.165, 1.54) is 23.1 Å². The molecule has 0 N–H and O–H groups in total. The van der Waals surface area contributed by atoms with E-state index in [0.717, 1.165) is 5.69 Å². The number of hydrogen-bond donors (Lipinski definition) is 0. The van der Waals surface area contributed by atoms with Gasteiger partial charge in [-0.05, 0) is 37.3 Å². The fourth-order valence-corrected chi connectivity index (χ4v) is 2.32. The monoisotopic (exact) mass is 283 g/mol. The fraction of sp³-hybridized carbons (Fsp3) is 0.118. The molecule has 106 valence electrons. The van der Waals surface area contributed by atoms with Gasteiger partial charge in [-0.1, -0.05) is 18.2 Å². The summed E-state index contributed by atoms with van der Waals surface area (Å²) in [7, 11) is 1.69. The molecule has 2 aromatic carbocycles. The predicted octanol–water partition coefficient (Wildman–Crippen LogP) is 4.16. The SMILES string of the molecule is Cc1c(C(=O)N(C)c2ccccc2)oc2ccc(F)cc12. The number of anilines is 1. The highest BCUT2D eigenvalue weighted by Gasteiger charge is 2.22. The minimum absolute atomic E-state index is 0.238. The smallest absolute Gasteiger partial charge is 0.294 e. The Balaban J connectivity index is 2.04. The lowest BCUT2D eigenvalue weighted by atomic mass is 10.1. The summed E-state index contributed by atoms with van der Waals surface area (Å²) in [5, 5.41) is 0.625. The van der Waals surface area contributed by atoms with Crippen molar-refractivity contribution in [1.82, 2.24) is 0 Å². The van der Waals surface area contributed by atoms with Gasteiger partial charge in [-0.3, -0.25) is 4.79 Å². The van der Waals surface area contributed by atoms with E-state index >= 15 is 0 Å². The number of carbonyl (C=O) groups excluding carboxylic acids is 1. The third kappa shape index (κ3) is 2.29. The minimum atomic E-state index is -0.346. The summed E-state index contributed by atoms with van der Waals surface area (Å²) < 4.78 is 18.9. The zero-order valence-corrected chi connectivity index (χ0v) is 11.8. The van der Waals surface area contributed by atoms with Gasteiger partial charge in [0.15, 0.2) is 5.76 Å². The van der Waals surface area contributed by atoms with Crippen molar-refractivity contribution in [2.45, 2.75) is 6.92 Å². The zero-order chi connectivity index (χ0) is 15.0. The van der Waals surface area contributed by atoms with Crippen LogP contribution >= 0.6 is 0 Å². The van der Waals surface area contributed by atoms with Gasteiger partial charge < -0.3 is 9.32 Å². The van der Waals surface area contributed by atoms with E-state index in [9.17, 15) is 9.18 Å². The quantitative estimate of drug-likeness (QED) is 0.707. The number of nitrogens with zero attached hydrogens (tertiary/aromatic N) is 1. The maximum Gasteiger partial charge on any atom is 0.294 e. The summed E-state index contributed by atoms with van der Waals surface area (Å²) in [6.45, 7) is 1.76. The van der Waals surface area contributed by atoms with Crippen LogP contribution in [0.4, 0.5) is 10.1 Å². The second-order valence-electron chi connectivity index (χ2n) is 4.90.